The average molecular weight is 240 g/mol. The Morgan fingerprint density at radius 3 is 2.71 bits per heavy atom. The van der Waals surface area contributed by atoms with Gasteiger partial charge >= 0.3 is 0 Å². The van der Waals surface area contributed by atoms with E-state index >= 15 is 0 Å². The molecule has 0 amide bonds. The van der Waals surface area contributed by atoms with Gasteiger partial charge in [0.25, 0.3) is 0 Å². The molecule has 1 saturated carbocycles. The van der Waals surface area contributed by atoms with Crippen molar-refractivity contribution in [2.45, 2.75) is 51.1 Å². The maximum atomic E-state index is 5.21. The van der Waals surface area contributed by atoms with Crippen LogP contribution in [0.3, 0.4) is 0 Å². The SMILES string of the molecule is COCCC(C)N(CC1CC1)CC1CCCN1. The number of hydrogen-bond acceptors (Lipinski definition) is 3. The number of nitrogens with one attached hydrogen (secondary N) is 1. The highest BCUT2D eigenvalue weighted by Crippen LogP contribution is 2.30. The zero-order chi connectivity index (χ0) is 12.1. The second-order valence-electron chi connectivity index (χ2n) is 5.82. The molecule has 3 nitrogen and oxygen atoms in total. The first kappa shape index (κ1) is 13.3. The Morgan fingerprint density at radius 1 is 1.29 bits per heavy atom. The van der Waals surface area contributed by atoms with Crippen molar-refractivity contribution < 1.29 is 4.74 Å². The van der Waals surface area contributed by atoms with Crippen LogP contribution in [0.1, 0.15) is 39.0 Å². The topological polar surface area (TPSA) is 24.5 Å². The van der Waals surface area contributed by atoms with Gasteiger partial charge in [-0.2, -0.15) is 0 Å². The Balaban J connectivity index is 1.77. The van der Waals surface area contributed by atoms with Gasteiger partial charge in [-0.05, 0) is 51.5 Å². The van der Waals surface area contributed by atoms with Crippen molar-refractivity contribution in [3.05, 3.63) is 0 Å². The first-order chi connectivity index (χ1) is 8.29. The summed E-state index contributed by atoms with van der Waals surface area (Å²) in [6, 6.07) is 1.40. The molecular formula is C14H28N2O. The summed E-state index contributed by atoms with van der Waals surface area (Å²) in [5.74, 6) is 0.987. The van der Waals surface area contributed by atoms with Gasteiger partial charge in [0, 0.05) is 38.9 Å². The maximum absolute atomic E-state index is 5.21. The van der Waals surface area contributed by atoms with Gasteiger partial charge in [0.15, 0.2) is 0 Å². The van der Waals surface area contributed by atoms with Crippen molar-refractivity contribution in [1.82, 2.24) is 10.2 Å². The van der Waals surface area contributed by atoms with E-state index in [1.165, 1.54) is 45.3 Å². The predicted molar refractivity (Wildman–Crippen MR) is 71.3 cm³/mol. The third-order valence-electron chi connectivity index (χ3n) is 4.17. The summed E-state index contributed by atoms with van der Waals surface area (Å²) in [5, 5.41) is 3.62. The van der Waals surface area contributed by atoms with Crippen molar-refractivity contribution >= 4 is 0 Å². The quantitative estimate of drug-likeness (QED) is 0.701. The van der Waals surface area contributed by atoms with Crippen molar-refractivity contribution in [2.24, 2.45) is 5.92 Å². The number of hydrogen-bond donors (Lipinski definition) is 1. The van der Waals surface area contributed by atoms with Gasteiger partial charge in [-0.1, -0.05) is 0 Å². The fourth-order valence-electron chi connectivity index (χ4n) is 2.73. The molecule has 1 aliphatic heterocycles. The fourth-order valence-corrected chi connectivity index (χ4v) is 2.73. The molecule has 2 unspecified atom stereocenters. The third-order valence-corrected chi connectivity index (χ3v) is 4.17. The lowest BCUT2D eigenvalue weighted by molar-refractivity contribution is 0.127. The molecule has 2 atom stereocenters. The summed E-state index contributed by atoms with van der Waals surface area (Å²) in [6.45, 7) is 7.01. The summed E-state index contributed by atoms with van der Waals surface area (Å²) in [4.78, 5) is 2.69. The number of ether oxygens (including phenoxy) is 1. The fraction of sp³-hybridized carbons (Fsp3) is 1.00. The van der Waals surface area contributed by atoms with E-state index in [0.29, 0.717) is 6.04 Å². The highest BCUT2D eigenvalue weighted by Gasteiger charge is 2.28. The molecule has 0 aromatic heterocycles. The van der Waals surface area contributed by atoms with Gasteiger partial charge in [0.2, 0.25) is 0 Å². The number of methoxy groups -OCH3 is 1. The molecule has 3 heteroatoms. The Bertz CT molecular complexity index is 212. The molecule has 1 heterocycles. The second-order valence-corrected chi connectivity index (χ2v) is 5.82. The highest BCUT2D eigenvalue weighted by molar-refractivity contribution is 4.84. The molecule has 2 aliphatic rings. The standard InChI is InChI=1S/C14H28N2O/c1-12(7-9-17-2)16(10-13-5-6-13)11-14-4-3-8-15-14/h12-15H,3-11H2,1-2H3. The number of nitrogens with zero attached hydrogens (tertiary/aromatic N) is 1. The zero-order valence-corrected chi connectivity index (χ0v) is 11.5. The van der Waals surface area contributed by atoms with E-state index in [-0.39, 0.29) is 0 Å². The highest BCUT2D eigenvalue weighted by atomic mass is 16.5. The molecule has 2 fully saturated rings. The van der Waals surface area contributed by atoms with Crippen LogP contribution in [0.15, 0.2) is 0 Å². The van der Waals surface area contributed by atoms with Crippen LogP contribution < -0.4 is 5.32 Å². The third kappa shape index (κ3) is 4.57. The monoisotopic (exact) mass is 240 g/mol. The minimum absolute atomic E-state index is 0.665. The Labute approximate surface area is 106 Å². The molecule has 0 radical (unpaired) electrons. The molecule has 100 valence electrons. The summed E-state index contributed by atoms with van der Waals surface area (Å²) in [7, 11) is 1.80. The van der Waals surface area contributed by atoms with E-state index in [2.05, 4.69) is 17.1 Å². The average Bonchev–Trinajstić information content (AvgIpc) is 2.99. The number of rotatable bonds is 8. The summed E-state index contributed by atoms with van der Waals surface area (Å²) < 4.78 is 5.21. The van der Waals surface area contributed by atoms with Gasteiger partial charge in [-0.25, -0.2) is 0 Å². The molecular weight excluding hydrogens is 212 g/mol. The van der Waals surface area contributed by atoms with Crippen molar-refractivity contribution in [3.8, 4) is 0 Å². The Kier molecular flexibility index (Phi) is 5.26. The van der Waals surface area contributed by atoms with E-state index in [4.69, 9.17) is 4.74 Å². The lowest BCUT2D eigenvalue weighted by Crippen LogP contribution is -2.43. The Hall–Kier alpha value is -0.120. The molecule has 0 spiro atoms. The Morgan fingerprint density at radius 2 is 2.12 bits per heavy atom. The summed E-state index contributed by atoms with van der Waals surface area (Å²) in [6.07, 6.45) is 6.78. The minimum atomic E-state index is 0.665. The van der Waals surface area contributed by atoms with Gasteiger partial charge in [0.05, 0.1) is 0 Å². The molecule has 2 rings (SSSR count). The van der Waals surface area contributed by atoms with E-state index in [9.17, 15) is 0 Å². The maximum Gasteiger partial charge on any atom is 0.0477 e. The lowest BCUT2D eigenvalue weighted by atomic mass is 10.1. The zero-order valence-electron chi connectivity index (χ0n) is 11.5. The van der Waals surface area contributed by atoms with Crippen molar-refractivity contribution in [2.75, 3.05) is 33.4 Å². The van der Waals surface area contributed by atoms with Crippen LogP contribution in [-0.4, -0.2) is 50.3 Å². The lowest BCUT2D eigenvalue weighted by Gasteiger charge is -2.31. The molecule has 1 aliphatic carbocycles. The van der Waals surface area contributed by atoms with E-state index < -0.39 is 0 Å². The van der Waals surface area contributed by atoms with E-state index in [1.54, 1.807) is 7.11 Å². The molecule has 0 bridgehead atoms. The van der Waals surface area contributed by atoms with Crippen LogP contribution in [0.5, 0.6) is 0 Å². The van der Waals surface area contributed by atoms with Crippen LogP contribution in [-0.2, 0) is 4.74 Å². The van der Waals surface area contributed by atoms with Gasteiger partial charge in [0.1, 0.15) is 0 Å². The predicted octanol–water partition coefficient (Wildman–Crippen LogP) is 1.88. The molecule has 0 aromatic carbocycles. The van der Waals surface area contributed by atoms with Gasteiger partial charge in [-0.15, -0.1) is 0 Å². The minimum Gasteiger partial charge on any atom is -0.385 e. The molecule has 0 aromatic rings. The largest absolute Gasteiger partial charge is 0.385 e. The van der Waals surface area contributed by atoms with Crippen LogP contribution >= 0.6 is 0 Å². The smallest absolute Gasteiger partial charge is 0.0477 e. The van der Waals surface area contributed by atoms with Crippen LogP contribution in [0.4, 0.5) is 0 Å². The first-order valence-corrected chi connectivity index (χ1v) is 7.26. The van der Waals surface area contributed by atoms with E-state index in [1.807, 2.05) is 0 Å². The van der Waals surface area contributed by atoms with Crippen molar-refractivity contribution in [1.29, 1.82) is 0 Å². The van der Waals surface area contributed by atoms with Crippen molar-refractivity contribution in [3.63, 3.8) is 0 Å². The van der Waals surface area contributed by atoms with Gasteiger partial charge in [-0.3, -0.25) is 4.90 Å². The van der Waals surface area contributed by atoms with Crippen LogP contribution in [0.2, 0.25) is 0 Å². The second kappa shape index (κ2) is 6.72. The van der Waals surface area contributed by atoms with Crippen LogP contribution in [0.25, 0.3) is 0 Å². The summed E-state index contributed by atoms with van der Waals surface area (Å²) in [5.41, 5.74) is 0. The molecule has 1 N–H and O–H groups in total. The first-order valence-electron chi connectivity index (χ1n) is 7.26. The van der Waals surface area contributed by atoms with Gasteiger partial charge < -0.3 is 10.1 Å². The molecule has 1 saturated heterocycles. The molecule has 17 heavy (non-hydrogen) atoms. The van der Waals surface area contributed by atoms with Crippen LogP contribution in [0, 0.1) is 5.92 Å². The summed E-state index contributed by atoms with van der Waals surface area (Å²) >= 11 is 0. The normalized spacial score (nSPS) is 26.6. The van der Waals surface area contributed by atoms with E-state index in [0.717, 1.165) is 25.0 Å².